The first-order valence-corrected chi connectivity index (χ1v) is 11.1. The van der Waals surface area contributed by atoms with Crippen LogP contribution >= 0.6 is 0 Å². The maximum absolute atomic E-state index is 12.9. The fourth-order valence-electron chi connectivity index (χ4n) is 3.44. The largest absolute Gasteiger partial charge is 0.354 e. The molecule has 1 aromatic heterocycles. The van der Waals surface area contributed by atoms with Gasteiger partial charge in [-0.15, -0.1) is 0 Å². The van der Waals surface area contributed by atoms with E-state index in [9.17, 15) is 9.59 Å². The number of nitrogens with one attached hydrogen (secondary N) is 1. The summed E-state index contributed by atoms with van der Waals surface area (Å²) < 4.78 is 0. The molecule has 2 rings (SSSR count). The molecule has 168 valence electrons. The molecular weight excluding hydrogens is 390 g/mol. The highest BCUT2D eigenvalue weighted by molar-refractivity contribution is 5.92. The molecule has 1 aromatic carbocycles. The van der Waals surface area contributed by atoms with Gasteiger partial charge in [-0.25, -0.2) is 4.98 Å². The van der Waals surface area contributed by atoms with E-state index in [4.69, 9.17) is 0 Å². The lowest BCUT2D eigenvalue weighted by Gasteiger charge is -2.23. The first kappa shape index (κ1) is 24.5. The molecule has 1 N–H and O–H groups in total. The van der Waals surface area contributed by atoms with Crippen molar-refractivity contribution < 1.29 is 9.59 Å². The quantitative estimate of drug-likeness (QED) is 0.533. The number of carbonyl (C=O) groups excluding carboxylic acids is 2. The lowest BCUT2D eigenvalue weighted by molar-refractivity contribution is -0.121. The van der Waals surface area contributed by atoms with E-state index in [0.29, 0.717) is 13.1 Å². The Morgan fingerprint density at radius 3 is 2.45 bits per heavy atom. The Morgan fingerprint density at radius 1 is 1.06 bits per heavy atom. The molecule has 0 bridgehead atoms. The van der Waals surface area contributed by atoms with Gasteiger partial charge in [0.2, 0.25) is 5.91 Å². The van der Waals surface area contributed by atoms with Crippen molar-refractivity contribution in [2.24, 2.45) is 0 Å². The number of carbonyl (C=O) groups is 2. The number of hydrogen-bond acceptors (Lipinski definition) is 5. The Balaban J connectivity index is 1.88. The zero-order chi connectivity index (χ0) is 22.5. The van der Waals surface area contributed by atoms with Crippen LogP contribution in [0.2, 0.25) is 0 Å². The average molecular weight is 426 g/mol. The van der Waals surface area contributed by atoms with Gasteiger partial charge in [0, 0.05) is 37.9 Å². The predicted molar refractivity (Wildman–Crippen MR) is 122 cm³/mol. The maximum atomic E-state index is 12.9. The average Bonchev–Trinajstić information content (AvgIpc) is 2.80. The molecular formula is C24H35N5O2. The summed E-state index contributed by atoms with van der Waals surface area (Å²) in [5.74, 6) is -0.266. The van der Waals surface area contributed by atoms with Crippen molar-refractivity contribution in [3.63, 3.8) is 0 Å². The van der Waals surface area contributed by atoms with Crippen molar-refractivity contribution >= 4 is 11.8 Å². The Bertz CT molecular complexity index is 781. The minimum absolute atomic E-state index is 0.0413. The van der Waals surface area contributed by atoms with E-state index >= 15 is 0 Å². The summed E-state index contributed by atoms with van der Waals surface area (Å²) in [5, 5.41) is 3.06. The van der Waals surface area contributed by atoms with Crippen LogP contribution in [-0.2, 0) is 11.3 Å². The molecule has 0 saturated carbocycles. The molecule has 0 aliphatic heterocycles. The SMILES string of the molecule is CCN(CC)CCC[C@H](C)NC(=O)CCN(Cc1ccccc1)C(=O)c1cnccn1. The van der Waals surface area contributed by atoms with Gasteiger partial charge in [-0.1, -0.05) is 44.2 Å². The van der Waals surface area contributed by atoms with Gasteiger partial charge in [-0.3, -0.25) is 14.6 Å². The van der Waals surface area contributed by atoms with Crippen LogP contribution in [0.25, 0.3) is 0 Å². The summed E-state index contributed by atoms with van der Waals surface area (Å²) in [6.45, 7) is 10.3. The van der Waals surface area contributed by atoms with E-state index in [-0.39, 0.29) is 30.0 Å². The highest BCUT2D eigenvalue weighted by Crippen LogP contribution is 2.09. The second-order valence-electron chi connectivity index (χ2n) is 7.69. The van der Waals surface area contributed by atoms with Crippen molar-refractivity contribution in [2.45, 2.75) is 52.6 Å². The van der Waals surface area contributed by atoms with Crippen molar-refractivity contribution in [2.75, 3.05) is 26.2 Å². The normalized spacial score (nSPS) is 11.9. The Hall–Kier alpha value is -2.80. The number of benzene rings is 1. The molecule has 0 aliphatic rings. The molecule has 0 aliphatic carbocycles. The fourth-order valence-corrected chi connectivity index (χ4v) is 3.44. The number of amides is 2. The van der Waals surface area contributed by atoms with Gasteiger partial charge < -0.3 is 15.1 Å². The van der Waals surface area contributed by atoms with Gasteiger partial charge >= 0.3 is 0 Å². The Morgan fingerprint density at radius 2 is 1.81 bits per heavy atom. The number of rotatable bonds is 13. The molecule has 0 unspecified atom stereocenters. The number of aromatic nitrogens is 2. The van der Waals surface area contributed by atoms with Gasteiger partial charge in [0.1, 0.15) is 5.69 Å². The van der Waals surface area contributed by atoms with E-state index in [0.717, 1.165) is 38.0 Å². The second-order valence-corrected chi connectivity index (χ2v) is 7.69. The fraction of sp³-hybridized carbons (Fsp3) is 0.500. The van der Waals surface area contributed by atoms with Crippen LogP contribution in [0.3, 0.4) is 0 Å². The van der Waals surface area contributed by atoms with Crippen LogP contribution in [0, 0.1) is 0 Å². The van der Waals surface area contributed by atoms with Crippen molar-refractivity contribution in [1.29, 1.82) is 0 Å². The first-order chi connectivity index (χ1) is 15.0. The summed E-state index contributed by atoms with van der Waals surface area (Å²) in [6, 6.07) is 9.86. The predicted octanol–water partition coefficient (Wildman–Crippen LogP) is 3.14. The van der Waals surface area contributed by atoms with Crippen LogP contribution < -0.4 is 5.32 Å². The van der Waals surface area contributed by atoms with Crippen LogP contribution in [-0.4, -0.2) is 63.8 Å². The monoisotopic (exact) mass is 425 g/mol. The molecule has 7 nitrogen and oxygen atoms in total. The summed E-state index contributed by atoms with van der Waals surface area (Å²) in [5.41, 5.74) is 1.29. The topological polar surface area (TPSA) is 78.4 Å². The van der Waals surface area contributed by atoms with E-state index in [1.165, 1.54) is 18.6 Å². The van der Waals surface area contributed by atoms with Gasteiger partial charge in [-0.2, -0.15) is 0 Å². The van der Waals surface area contributed by atoms with Crippen LogP contribution in [0.1, 0.15) is 56.1 Å². The smallest absolute Gasteiger partial charge is 0.274 e. The molecule has 2 amide bonds. The molecule has 2 aromatic rings. The molecule has 0 spiro atoms. The third kappa shape index (κ3) is 8.84. The van der Waals surface area contributed by atoms with E-state index in [2.05, 4.69) is 34.0 Å². The van der Waals surface area contributed by atoms with Gasteiger partial charge in [0.25, 0.3) is 5.91 Å². The molecule has 0 fully saturated rings. The minimum Gasteiger partial charge on any atom is -0.354 e. The Labute approximate surface area is 185 Å². The van der Waals surface area contributed by atoms with Crippen molar-refractivity contribution in [3.8, 4) is 0 Å². The third-order valence-corrected chi connectivity index (χ3v) is 5.31. The Kier molecular flexibility index (Phi) is 10.6. The molecule has 0 radical (unpaired) electrons. The van der Waals surface area contributed by atoms with Gasteiger partial charge in [-0.05, 0) is 45.0 Å². The second kappa shape index (κ2) is 13.5. The van der Waals surface area contributed by atoms with Gasteiger partial charge in [0.05, 0.1) is 6.20 Å². The summed E-state index contributed by atoms with van der Waals surface area (Å²) >= 11 is 0. The van der Waals surface area contributed by atoms with Crippen LogP contribution in [0.4, 0.5) is 0 Å². The van der Waals surface area contributed by atoms with Gasteiger partial charge in [0.15, 0.2) is 0 Å². The minimum atomic E-state index is -0.225. The summed E-state index contributed by atoms with van der Waals surface area (Å²) in [6.07, 6.45) is 6.73. The van der Waals surface area contributed by atoms with Crippen LogP contribution in [0.5, 0.6) is 0 Å². The lowest BCUT2D eigenvalue weighted by Crippen LogP contribution is -2.38. The van der Waals surface area contributed by atoms with Crippen molar-refractivity contribution in [3.05, 3.63) is 60.2 Å². The summed E-state index contributed by atoms with van der Waals surface area (Å²) in [7, 11) is 0. The highest BCUT2D eigenvalue weighted by Gasteiger charge is 2.19. The van der Waals surface area contributed by atoms with Crippen LogP contribution in [0.15, 0.2) is 48.9 Å². The lowest BCUT2D eigenvalue weighted by atomic mass is 10.1. The summed E-state index contributed by atoms with van der Waals surface area (Å²) in [4.78, 5) is 37.6. The van der Waals surface area contributed by atoms with Crippen molar-refractivity contribution in [1.82, 2.24) is 25.1 Å². The highest BCUT2D eigenvalue weighted by atomic mass is 16.2. The first-order valence-electron chi connectivity index (χ1n) is 11.1. The van der Waals surface area contributed by atoms with E-state index in [1.54, 1.807) is 4.90 Å². The third-order valence-electron chi connectivity index (χ3n) is 5.31. The number of nitrogens with zero attached hydrogens (tertiary/aromatic N) is 4. The van der Waals surface area contributed by atoms with E-state index < -0.39 is 0 Å². The molecule has 7 heteroatoms. The number of hydrogen-bond donors (Lipinski definition) is 1. The zero-order valence-corrected chi connectivity index (χ0v) is 19.0. The standard InChI is InChI=1S/C24H35N5O2/c1-4-28(5-2)16-9-10-20(3)27-23(30)13-17-29(19-21-11-7-6-8-12-21)24(31)22-18-25-14-15-26-22/h6-8,11-12,14-15,18,20H,4-5,9-10,13,16-17,19H2,1-3H3,(H,27,30)/t20-/m0/s1. The molecule has 1 atom stereocenters. The molecule has 1 heterocycles. The van der Waals surface area contributed by atoms with E-state index in [1.807, 2.05) is 37.3 Å². The zero-order valence-electron chi connectivity index (χ0n) is 19.0. The molecule has 0 saturated heterocycles. The maximum Gasteiger partial charge on any atom is 0.274 e. The molecule has 31 heavy (non-hydrogen) atoms.